The summed E-state index contributed by atoms with van der Waals surface area (Å²) >= 11 is 0. The van der Waals surface area contributed by atoms with Gasteiger partial charge in [0.1, 0.15) is 0 Å². The SMILES string of the molecule is CCCCCc1ccc(C(=O)Nc2ccc(Cc3ccc(NC(=O)c4ccc(CCCCC)cc4)c(C(=O)O)c3)cc2C=O)cc1. The zero-order chi connectivity index (χ0) is 32.9. The van der Waals surface area contributed by atoms with E-state index in [1.54, 1.807) is 54.6 Å². The maximum Gasteiger partial charge on any atom is 0.337 e. The van der Waals surface area contributed by atoms with E-state index in [0.717, 1.165) is 56.1 Å². The van der Waals surface area contributed by atoms with Crippen molar-refractivity contribution in [2.45, 2.75) is 71.6 Å². The van der Waals surface area contributed by atoms with Gasteiger partial charge in [0.2, 0.25) is 0 Å². The number of hydrogen-bond acceptors (Lipinski definition) is 4. The van der Waals surface area contributed by atoms with Crippen LogP contribution < -0.4 is 10.6 Å². The molecule has 0 saturated carbocycles. The van der Waals surface area contributed by atoms with Gasteiger partial charge in [-0.3, -0.25) is 14.4 Å². The molecule has 238 valence electrons. The number of carboxylic acid groups (broad SMARTS) is 1. The number of benzene rings is 4. The number of rotatable bonds is 16. The number of nitrogens with one attached hydrogen (secondary N) is 2. The summed E-state index contributed by atoms with van der Waals surface area (Å²) in [6.45, 7) is 4.32. The van der Waals surface area contributed by atoms with Crippen LogP contribution in [0.15, 0.2) is 84.9 Å². The van der Waals surface area contributed by atoms with Crippen molar-refractivity contribution in [2.24, 2.45) is 0 Å². The summed E-state index contributed by atoms with van der Waals surface area (Å²) < 4.78 is 0. The number of unbranched alkanes of at least 4 members (excludes halogenated alkanes) is 4. The third kappa shape index (κ3) is 9.48. The fourth-order valence-electron chi connectivity index (χ4n) is 5.35. The van der Waals surface area contributed by atoms with Gasteiger partial charge in [0, 0.05) is 16.7 Å². The van der Waals surface area contributed by atoms with Crippen molar-refractivity contribution >= 4 is 35.4 Å². The van der Waals surface area contributed by atoms with Gasteiger partial charge in [-0.2, -0.15) is 0 Å². The van der Waals surface area contributed by atoms with Crippen LogP contribution in [0.5, 0.6) is 0 Å². The van der Waals surface area contributed by atoms with Crippen molar-refractivity contribution in [3.05, 3.63) is 129 Å². The van der Waals surface area contributed by atoms with Gasteiger partial charge in [0.25, 0.3) is 11.8 Å². The summed E-state index contributed by atoms with van der Waals surface area (Å²) in [5.41, 5.74) is 5.66. The van der Waals surface area contributed by atoms with Gasteiger partial charge < -0.3 is 15.7 Å². The Kier molecular flexibility index (Phi) is 12.4. The van der Waals surface area contributed by atoms with Crippen molar-refractivity contribution < 1.29 is 24.3 Å². The maximum absolute atomic E-state index is 12.9. The molecule has 3 N–H and O–H groups in total. The fraction of sp³-hybridized carbons (Fsp3) is 0.282. The van der Waals surface area contributed by atoms with Gasteiger partial charge in [0.05, 0.1) is 16.9 Å². The van der Waals surface area contributed by atoms with Crippen LogP contribution in [0.1, 0.15) is 116 Å². The molecule has 0 heterocycles. The van der Waals surface area contributed by atoms with Crippen LogP contribution in [0.2, 0.25) is 0 Å². The van der Waals surface area contributed by atoms with Crippen LogP contribution in [0.25, 0.3) is 0 Å². The van der Waals surface area contributed by atoms with Gasteiger partial charge in [-0.25, -0.2) is 4.79 Å². The molecule has 7 nitrogen and oxygen atoms in total. The second-order valence-corrected chi connectivity index (χ2v) is 11.6. The minimum atomic E-state index is -1.16. The quantitative estimate of drug-likeness (QED) is 0.0858. The molecule has 0 atom stereocenters. The standard InChI is InChI=1S/C39H42N2O5/c1-3-5-7-9-27-11-17-31(18-12-27)37(43)40-35-21-15-29(24-33(35)26-42)23-30-16-22-36(34(25-30)39(45)46)41-38(44)32-19-13-28(14-20-32)10-8-6-4-2/h11-22,24-26H,3-10,23H2,1-2H3,(H,40,43)(H,41,44)(H,45,46). The van der Waals surface area contributed by atoms with Gasteiger partial charge >= 0.3 is 5.97 Å². The van der Waals surface area contributed by atoms with Crippen molar-refractivity contribution in [1.29, 1.82) is 0 Å². The molecule has 2 amide bonds. The number of anilines is 2. The lowest BCUT2D eigenvalue weighted by atomic mass is 9.99. The van der Waals surface area contributed by atoms with E-state index >= 15 is 0 Å². The molecular weight excluding hydrogens is 576 g/mol. The van der Waals surface area contributed by atoms with Crippen molar-refractivity contribution in [3.63, 3.8) is 0 Å². The largest absolute Gasteiger partial charge is 0.478 e. The lowest BCUT2D eigenvalue weighted by Crippen LogP contribution is -2.15. The Balaban J connectivity index is 1.42. The summed E-state index contributed by atoms with van der Waals surface area (Å²) in [5, 5.41) is 15.5. The third-order valence-electron chi connectivity index (χ3n) is 8.03. The summed E-state index contributed by atoms with van der Waals surface area (Å²) in [4.78, 5) is 49.8. The molecule has 0 aromatic heterocycles. The highest BCUT2D eigenvalue weighted by Crippen LogP contribution is 2.24. The monoisotopic (exact) mass is 618 g/mol. The molecule has 7 heteroatoms. The Morgan fingerprint density at radius 3 is 1.54 bits per heavy atom. The minimum Gasteiger partial charge on any atom is -0.478 e. The molecule has 4 aromatic carbocycles. The highest BCUT2D eigenvalue weighted by atomic mass is 16.4. The Morgan fingerprint density at radius 2 is 1.07 bits per heavy atom. The van der Waals surface area contributed by atoms with E-state index in [4.69, 9.17) is 0 Å². The van der Waals surface area contributed by atoms with Crippen LogP contribution in [-0.4, -0.2) is 29.2 Å². The average molecular weight is 619 g/mol. The first-order valence-corrected chi connectivity index (χ1v) is 16.1. The van der Waals surface area contributed by atoms with E-state index in [2.05, 4.69) is 24.5 Å². The molecule has 0 aliphatic rings. The number of carbonyl (C=O) groups excluding carboxylic acids is 3. The molecule has 0 fully saturated rings. The average Bonchev–Trinajstić information content (AvgIpc) is 3.06. The summed E-state index contributed by atoms with van der Waals surface area (Å²) in [5.74, 6) is -1.85. The molecule has 0 spiro atoms. The Hall–Kier alpha value is -5.04. The normalized spacial score (nSPS) is 10.7. The van der Waals surface area contributed by atoms with Gasteiger partial charge in [-0.15, -0.1) is 0 Å². The number of aldehydes is 1. The summed E-state index contributed by atoms with van der Waals surface area (Å²) in [6.07, 6.45) is 9.82. The van der Waals surface area contributed by atoms with Gasteiger partial charge in [0.15, 0.2) is 6.29 Å². The van der Waals surface area contributed by atoms with Crippen molar-refractivity contribution in [2.75, 3.05) is 10.6 Å². The van der Waals surface area contributed by atoms with E-state index < -0.39 is 5.97 Å². The molecule has 0 aliphatic heterocycles. The first kappa shape index (κ1) is 33.8. The number of carboxylic acids is 1. The molecule has 0 unspecified atom stereocenters. The molecule has 0 radical (unpaired) electrons. The highest BCUT2D eigenvalue weighted by Gasteiger charge is 2.16. The van der Waals surface area contributed by atoms with E-state index in [-0.39, 0.29) is 23.1 Å². The topological polar surface area (TPSA) is 113 Å². The van der Waals surface area contributed by atoms with Crippen LogP contribution >= 0.6 is 0 Å². The number of aromatic carboxylic acids is 1. The number of amides is 2. The van der Waals surface area contributed by atoms with Crippen LogP contribution in [-0.2, 0) is 19.3 Å². The molecule has 0 aliphatic carbocycles. The predicted molar refractivity (Wildman–Crippen MR) is 183 cm³/mol. The number of aryl methyl sites for hydroxylation is 2. The first-order valence-electron chi connectivity index (χ1n) is 16.1. The second kappa shape index (κ2) is 16.9. The molecule has 0 bridgehead atoms. The molecule has 4 rings (SSSR count). The van der Waals surface area contributed by atoms with Crippen molar-refractivity contribution in [3.8, 4) is 0 Å². The number of hydrogen-bond donors (Lipinski definition) is 3. The Bertz CT molecular complexity index is 1660. The lowest BCUT2D eigenvalue weighted by Gasteiger charge is -2.13. The molecular formula is C39H42N2O5. The third-order valence-corrected chi connectivity index (χ3v) is 8.03. The zero-order valence-corrected chi connectivity index (χ0v) is 26.6. The molecule has 0 saturated heterocycles. The lowest BCUT2D eigenvalue weighted by molar-refractivity contribution is 0.0697. The molecule has 46 heavy (non-hydrogen) atoms. The first-order chi connectivity index (χ1) is 22.3. The maximum atomic E-state index is 12.9. The van der Waals surface area contributed by atoms with Gasteiger partial charge in [-0.05, 0) is 103 Å². The van der Waals surface area contributed by atoms with Crippen LogP contribution in [0.4, 0.5) is 11.4 Å². The van der Waals surface area contributed by atoms with E-state index in [0.29, 0.717) is 40.6 Å². The highest BCUT2D eigenvalue weighted by molar-refractivity contribution is 6.08. The molecule has 4 aromatic rings. The minimum absolute atomic E-state index is 0.0297. The predicted octanol–water partition coefficient (Wildman–Crippen LogP) is 8.76. The van der Waals surface area contributed by atoms with E-state index in [9.17, 15) is 24.3 Å². The van der Waals surface area contributed by atoms with Crippen molar-refractivity contribution in [1.82, 2.24) is 0 Å². The number of carbonyl (C=O) groups is 4. The summed E-state index contributed by atoms with van der Waals surface area (Å²) in [6, 6.07) is 24.9. The zero-order valence-electron chi connectivity index (χ0n) is 26.6. The second-order valence-electron chi connectivity index (χ2n) is 11.6. The van der Waals surface area contributed by atoms with E-state index in [1.165, 1.54) is 18.1 Å². The van der Waals surface area contributed by atoms with Gasteiger partial charge in [-0.1, -0.05) is 75.9 Å². The fourth-order valence-corrected chi connectivity index (χ4v) is 5.35. The van der Waals surface area contributed by atoms with E-state index in [1.807, 2.05) is 24.3 Å². The smallest absolute Gasteiger partial charge is 0.337 e. The summed E-state index contributed by atoms with van der Waals surface area (Å²) in [7, 11) is 0. The Labute approximate surface area is 271 Å². The Morgan fingerprint density at radius 1 is 0.609 bits per heavy atom. The van der Waals surface area contributed by atoms with Crippen LogP contribution in [0, 0.1) is 0 Å². The van der Waals surface area contributed by atoms with Crippen LogP contribution in [0.3, 0.4) is 0 Å².